The third-order valence-corrected chi connectivity index (χ3v) is 1.90. The second-order valence-corrected chi connectivity index (χ2v) is 4.28. The molecule has 0 aromatic carbocycles. The second kappa shape index (κ2) is 11.1. The lowest BCUT2D eigenvalue weighted by atomic mass is 10.1. The average Bonchev–Trinajstić information content (AvgIpc) is 2.26. The van der Waals surface area contributed by atoms with Crippen LogP contribution in [0.4, 0.5) is 0 Å². The van der Waals surface area contributed by atoms with E-state index in [9.17, 15) is 4.79 Å². The van der Waals surface area contributed by atoms with Gasteiger partial charge in [0.25, 0.3) is 0 Å². The fourth-order valence-electron chi connectivity index (χ4n) is 1.08. The predicted octanol–water partition coefficient (Wildman–Crippen LogP) is 3.16. The van der Waals surface area contributed by atoms with E-state index in [-0.39, 0.29) is 5.97 Å². The Kier molecular flexibility index (Phi) is 10.2. The van der Waals surface area contributed by atoms with Crippen LogP contribution >= 0.6 is 0 Å². The number of unbranched alkanes of at least 4 members (excludes halogenated alkanes) is 2. The van der Waals surface area contributed by atoms with Gasteiger partial charge < -0.3 is 4.74 Å². The van der Waals surface area contributed by atoms with Crippen LogP contribution in [-0.2, 0) is 9.53 Å². The zero-order chi connectivity index (χ0) is 12.9. The molecular formula is C15H22O2. The van der Waals surface area contributed by atoms with Gasteiger partial charge in [-0.05, 0) is 30.6 Å². The van der Waals surface area contributed by atoms with Gasteiger partial charge in [-0.2, -0.15) is 0 Å². The van der Waals surface area contributed by atoms with E-state index in [4.69, 9.17) is 4.74 Å². The third kappa shape index (κ3) is 12.5. The number of carbonyl (C=O) groups is 1. The van der Waals surface area contributed by atoms with Crippen molar-refractivity contribution < 1.29 is 9.53 Å². The van der Waals surface area contributed by atoms with Crippen LogP contribution in [0, 0.1) is 29.6 Å². The van der Waals surface area contributed by atoms with Crippen LogP contribution in [0.2, 0.25) is 0 Å². The Bertz CT molecular complexity index is 320. The minimum absolute atomic E-state index is 0.115. The predicted molar refractivity (Wildman–Crippen MR) is 70.1 cm³/mol. The standard InChI is InChI=1S/C15H22O2/c1-4-5-6-7-8-9-10-11-12-17-15(16)13-14(2)3/h14H,4-5,10-13H2,1-3H3. The van der Waals surface area contributed by atoms with Gasteiger partial charge in [-0.25, -0.2) is 0 Å². The molecule has 0 atom stereocenters. The summed E-state index contributed by atoms with van der Waals surface area (Å²) in [4.78, 5) is 11.2. The zero-order valence-corrected chi connectivity index (χ0v) is 11.1. The molecule has 0 heterocycles. The molecule has 0 N–H and O–H groups in total. The summed E-state index contributed by atoms with van der Waals surface area (Å²) >= 11 is 0. The highest BCUT2D eigenvalue weighted by Crippen LogP contribution is 2.01. The summed E-state index contributed by atoms with van der Waals surface area (Å²) in [5.74, 6) is 11.7. The fraction of sp³-hybridized carbons (Fsp3) is 0.667. The first kappa shape index (κ1) is 15.6. The van der Waals surface area contributed by atoms with Crippen molar-refractivity contribution in [2.24, 2.45) is 5.92 Å². The highest BCUT2D eigenvalue weighted by molar-refractivity contribution is 5.69. The summed E-state index contributed by atoms with van der Waals surface area (Å²) < 4.78 is 5.06. The quantitative estimate of drug-likeness (QED) is 0.401. The molecule has 0 aliphatic heterocycles. The third-order valence-electron chi connectivity index (χ3n) is 1.90. The first-order valence-electron chi connectivity index (χ1n) is 6.28. The van der Waals surface area contributed by atoms with Crippen LogP contribution in [0.3, 0.4) is 0 Å². The lowest BCUT2D eigenvalue weighted by Crippen LogP contribution is -2.08. The van der Waals surface area contributed by atoms with Crippen molar-refractivity contribution in [2.75, 3.05) is 6.61 Å². The highest BCUT2D eigenvalue weighted by atomic mass is 16.5. The van der Waals surface area contributed by atoms with Gasteiger partial charge in [-0.1, -0.05) is 32.6 Å². The molecule has 17 heavy (non-hydrogen) atoms. The minimum Gasteiger partial charge on any atom is -0.466 e. The minimum atomic E-state index is -0.115. The monoisotopic (exact) mass is 234 g/mol. The molecular weight excluding hydrogens is 212 g/mol. The van der Waals surface area contributed by atoms with Gasteiger partial charge >= 0.3 is 5.97 Å². The molecule has 0 radical (unpaired) electrons. The number of hydrogen-bond acceptors (Lipinski definition) is 2. The smallest absolute Gasteiger partial charge is 0.306 e. The average molecular weight is 234 g/mol. The lowest BCUT2D eigenvalue weighted by Gasteiger charge is -2.04. The van der Waals surface area contributed by atoms with E-state index in [2.05, 4.69) is 30.6 Å². The van der Waals surface area contributed by atoms with E-state index in [1.165, 1.54) is 0 Å². The first-order chi connectivity index (χ1) is 8.16. The Morgan fingerprint density at radius 2 is 1.82 bits per heavy atom. The molecule has 0 aliphatic carbocycles. The molecule has 0 unspecified atom stereocenters. The van der Waals surface area contributed by atoms with E-state index in [1.54, 1.807) is 0 Å². The number of ether oxygens (including phenoxy) is 1. The second-order valence-electron chi connectivity index (χ2n) is 4.28. The topological polar surface area (TPSA) is 26.3 Å². The van der Waals surface area contributed by atoms with Crippen molar-refractivity contribution in [1.29, 1.82) is 0 Å². The van der Waals surface area contributed by atoms with Gasteiger partial charge in [0.2, 0.25) is 0 Å². The van der Waals surface area contributed by atoms with Gasteiger partial charge in [0.15, 0.2) is 0 Å². The summed E-state index contributed by atoms with van der Waals surface area (Å²) in [5, 5.41) is 0. The van der Waals surface area contributed by atoms with Crippen molar-refractivity contribution in [2.45, 2.75) is 52.9 Å². The van der Waals surface area contributed by atoms with E-state index in [0.717, 1.165) is 25.7 Å². The highest BCUT2D eigenvalue weighted by Gasteiger charge is 2.04. The van der Waals surface area contributed by atoms with E-state index >= 15 is 0 Å². The maximum atomic E-state index is 11.2. The molecule has 0 aromatic rings. The van der Waals surface area contributed by atoms with Gasteiger partial charge in [-0.3, -0.25) is 4.79 Å². The Balaban J connectivity index is 3.47. The fourth-order valence-corrected chi connectivity index (χ4v) is 1.08. The Morgan fingerprint density at radius 3 is 2.41 bits per heavy atom. The summed E-state index contributed by atoms with van der Waals surface area (Å²) in [6, 6.07) is 0. The first-order valence-corrected chi connectivity index (χ1v) is 6.28. The van der Waals surface area contributed by atoms with Crippen molar-refractivity contribution >= 4 is 5.97 Å². The molecule has 0 amide bonds. The van der Waals surface area contributed by atoms with Crippen molar-refractivity contribution in [3.05, 3.63) is 0 Å². The Morgan fingerprint density at radius 1 is 1.18 bits per heavy atom. The largest absolute Gasteiger partial charge is 0.466 e. The molecule has 0 fully saturated rings. The molecule has 0 aliphatic rings. The molecule has 0 aromatic heterocycles. The molecule has 0 rings (SSSR count). The summed E-state index contributed by atoms with van der Waals surface area (Å²) in [5.41, 5.74) is 0. The Labute approximate surface area is 105 Å². The molecule has 0 bridgehead atoms. The number of hydrogen-bond donors (Lipinski definition) is 0. The molecule has 2 nitrogen and oxygen atoms in total. The van der Waals surface area contributed by atoms with E-state index in [0.29, 0.717) is 18.9 Å². The maximum Gasteiger partial charge on any atom is 0.306 e. The Hall–Kier alpha value is -1.41. The zero-order valence-electron chi connectivity index (χ0n) is 11.1. The van der Waals surface area contributed by atoms with Crippen LogP contribution in [0.5, 0.6) is 0 Å². The summed E-state index contributed by atoms with van der Waals surface area (Å²) in [7, 11) is 0. The SMILES string of the molecule is CCCC#CC#CCCCOC(=O)CC(C)C. The number of esters is 1. The van der Waals surface area contributed by atoms with Crippen LogP contribution < -0.4 is 0 Å². The van der Waals surface area contributed by atoms with Gasteiger partial charge in [0.05, 0.1) is 6.61 Å². The van der Waals surface area contributed by atoms with Gasteiger partial charge in [0, 0.05) is 19.3 Å². The van der Waals surface area contributed by atoms with Gasteiger partial charge in [0.1, 0.15) is 0 Å². The van der Waals surface area contributed by atoms with E-state index in [1.807, 2.05) is 13.8 Å². The van der Waals surface area contributed by atoms with Crippen LogP contribution in [-0.4, -0.2) is 12.6 Å². The lowest BCUT2D eigenvalue weighted by molar-refractivity contribution is -0.144. The van der Waals surface area contributed by atoms with E-state index < -0.39 is 0 Å². The number of rotatable bonds is 6. The van der Waals surface area contributed by atoms with Gasteiger partial charge in [-0.15, -0.1) is 0 Å². The van der Waals surface area contributed by atoms with Crippen molar-refractivity contribution in [1.82, 2.24) is 0 Å². The normalized spacial score (nSPS) is 8.94. The number of carbonyl (C=O) groups excluding carboxylic acids is 1. The summed E-state index contributed by atoms with van der Waals surface area (Å²) in [6.07, 6.45) is 3.98. The van der Waals surface area contributed by atoms with Crippen molar-refractivity contribution in [3.8, 4) is 23.7 Å². The molecule has 0 spiro atoms. The molecule has 0 saturated carbocycles. The molecule has 2 heteroatoms. The maximum absolute atomic E-state index is 11.2. The molecule has 0 saturated heterocycles. The van der Waals surface area contributed by atoms with Crippen LogP contribution in [0.1, 0.15) is 52.9 Å². The van der Waals surface area contributed by atoms with Crippen molar-refractivity contribution in [3.63, 3.8) is 0 Å². The summed E-state index contributed by atoms with van der Waals surface area (Å²) in [6.45, 7) is 6.56. The molecule has 94 valence electrons. The van der Waals surface area contributed by atoms with Crippen LogP contribution in [0.15, 0.2) is 0 Å². The van der Waals surface area contributed by atoms with Crippen LogP contribution in [0.25, 0.3) is 0 Å².